The normalized spacial score (nSPS) is 13.9. The van der Waals surface area contributed by atoms with Crippen molar-refractivity contribution in [3.8, 4) is 0 Å². The van der Waals surface area contributed by atoms with Gasteiger partial charge in [-0.15, -0.1) is 0 Å². The second kappa shape index (κ2) is 5.19. The number of hydrogen-bond donors (Lipinski definition) is 1. The number of ether oxygens (including phenoxy) is 1. The minimum atomic E-state index is -0.240. The van der Waals surface area contributed by atoms with Crippen molar-refractivity contribution in [2.24, 2.45) is 5.92 Å². The number of esters is 1. The molecule has 0 heterocycles. The van der Waals surface area contributed by atoms with Crippen molar-refractivity contribution in [2.75, 3.05) is 13.7 Å². The van der Waals surface area contributed by atoms with Gasteiger partial charge < -0.3 is 4.74 Å². The standard InChI is InChI=1S/C9H19NO3/c1-7(8(11)12-5)6-10-13-9(2,3)4/h7,10H,6H2,1-5H3. The van der Waals surface area contributed by atoms with E-state index in [0.29, 0.717) is 6.54 Å². The largest absolute Gasteiger partial charge is 0.469 e. The second-order valence-electron chi connectivity index (χ2n) is 3.99. The van der Waals surface area contributed by atoms with Crippen LogP contribution < -0.4 is 5.48 Å². The monoisotopic (exact) mass is 189 g/mol. The highest BCUT2D eigenvalue weighted by atomic mass is 16.7. The van der Waals surface area contributed by atoms with Gasteiger partial charge in [-0.1, -0.05) is 6.92 Å². The average molecular weight is 189 g/mol. The first-order chi connectivity index (χ1) is 5.87. The highest BCUT2D eigenvalue weighted by molar-refractivity contribution is 5.71. The Balaban J connectivity index is 3.59. The molecular formula is C9H19NO3. The third kappa shape index (κ3) is 6.54. The lowest BCUT2D eigenvalue weighted by molar-refractivity contribution is -0.147. The molecule has 1 N–H and O–H groups in total. The molecule has 1 atom stereocenters. The van der Waals surface area contributed by atoms with E-state index in [1.54, 1.807) is 6.92 Å². The zero-order valence-corrected chi connectivity index (χ0v) is 9.01. The average Bonchev–Trinajstić information content (AvgIpc) is 2.00. The van der Waals surface area contributed by atoms with E-state index in [9.17, 15) is 4.79 Å². The van der Waals surface area contributed by atoms with Gasteiger partial charge in [-0.05, 0) is 20.8 Å². The lowest BCUT2D eigenvalue weighted by Gasteiger charge is -2.20. The Morgan fingerprint density at radius 1 is 1.46 bits per heavy atom. The fraction of sp³-hybridized carbons (Fsp3) is 0.889. The first kappa shape index (κ1) is 12.4. The first-order valence-electron chi connectivity index (χ1n) is 4.35. The van der Waals surface area contributed by atoms with Crippen molar-refractivity contribution in [3.05, 3.63) is 0 Å². The second-order valence-corrected chi connectivity index (χ2v) is 3.99. The molecule has 13 heavy (non-hydrogen) atoms. The minimum Gasteiger partial charge on any atom is -0.469 e. The number of carbonyl (C=O) groups excluding carboxylic acids is 1. The maximum absolute atomic E-state index is 10.9. The van der Waals surface area contributed by atoms with Crippen LogP contribution in [-0.2, 0) is 14.4 Å². The van der Waals surface area contributed by atoms with Gasteiger partial charge in [0.05, 0.1) is 18.6 Å². The fourth-order valence-electron chi connectivity index (χ4n) is 0.668. The van der Waals surface area contributed by atoms with E-state index in [1.807, 2.05) is 20.8 Å². The van der Waals surface area contributed by atoms with Gasteiger partial charge >= 0.3 is 5.97 Å². The van der Waals surface area contributed by atoms with Crippen LogP contribution in [0.15, 0.2) is 0 Å². The topological polar surface area (TPSA) is 47.6 Å². The molecular weight excluding hydrogens is 170 g/mol. The summed E-state index contributed by atoms with van der Waals surface area (Å²) < 4.78 is 4.56. The summed E-state index contributed by atoms with van der Waals surface area (Å²) in [6, 6.07) is 0. The number of hydrogen-bond acceptors (Lipinski definition) is 4. The summed E-state index contributed by atoms with van der Waals surface area (Å²) in [6.45, 7) is 8.04. The van der Waals surface area contributed by atoms with E-state index in [0.717, 1.165) is 0 Å². The van der Waals surface area contributed by atoms with Gasteiger partial charge in [-0.3, -0.25) is 9.63 Å². The third-order valence-corrected chi connectivity index (χ3v) is 1.37. The summed E-state index contributed by atoms with van der Waals surface area (Å²) in [5, 5.41) is 0. The SMILES string of the molecule is COC(=O)C(C)CNOC(C)(C)C. The maximum atomic E-state index is 10.9. The van der Waals surface area contributed by atoms with Gasteiger partial charge in [0.1, 0.15) is 0 Å². The summed E-state index contributed by atoms with van der Waals surface area (Å²) >= 11 is 0. The Hall–Kier alpha value is -0.610. The molecule has 78 valence electrons. The van der Waals surface area contributed by atoms with Crippen molar-refractivity contribution in [1.29, 1.82) is 0 Å². The molecule has 4 heteroatoms. The minimum absolute atomic E-state index is 0.188. The van der Waals surface area contributed by atoms with Crippen molar-refractivity contribution in [2.45, 2.75) is 33.3 Å². The predicted octanol–water partition coefficient (Wildman–Crippen LogP) is 1.12. The quantitative estimate of drug-likeness (QED) is 0.531. The molecule has 0 saturated carbocycles. The highest BCUT2D eigenvalue weighted by Crippen LogP contribution is 2.04. The summed E-state index contributed by atoms with van der Waals surface area (Å²) in [5.41, 5.74) is 2.50. The van der Waals surface area contributed by atoms with Crippen LogP contribution in [0.2, 0.25) is 0 Å². The zero-order chi connectivity index (χ0) is 10.5. The Labute approximate surface area is 79.6 Å². The molecule has 0 aromatic rings. The molecule has 0 spiro atoms. The Kier molecular flexibility index (Phi) is 4.95. The van der Waals surface area contributed by atoms with Crippen LogP contribution >= 0.6 is 0 Å². The van der Waals surface area contributed by atoms with Crippen LogP contribution in [0.4, 0.5) is 0 Å². The van der Waals surface area contributed by atoms with Gasteiger partial charge in [0.25, 0.3) is 0 Å². The van der Waals surface area contributed by atoms with Crippen LogP contribution in [0.3, 0.4) is 0 Å². The molecule has 4 nitrogen and oxygen atoms in total. The molecule has 0 saturated heterocycles. The third-order valence-electron chi connectivity index (χ3n) is 1.37. The van der Waals surface area contributed by atoms with E-state index in [1.165, 1.54) is 7.11 Å². The molecule has 0 radical (unpaired) electrons. The van der Waals surface area contributed by atoms with Crippen LogP contribution in [0, 0.1) is 5.92 Å². The number of hydroxylamine groups is 1. The lowest BCUT2D eigenvalue weighted by Crippen LogP contribution is -2.34. The fourth-order valence-corrected chi connectivity index (χ4v) is 0.668. The number of nitrogens with one attached hydrogen (secondary N) is 1. The molecule has 0 bridgehead atoms. The molecule has 0 aromatic carbocycles. The predicted molar refractivity (Wildman–Crippen MR) is 50.0 cm³/mol. The van der Waals surface area contributed by atoms with Crippen molar-refractivity contribution in [1.82, 2.24) is 5.48 Å². The van der Waals surface area contributed by atoms with Crippen LogP contribution in [-0.4, -0.2) is 25.2 Å². The Bertz CT molecular complexity index is 163. The van der Waals surface area contributed by atoms with Gasteiger partial charge in [0, 0.05) is 6.54 Å². The zero-order valence-electron chi connectivity index (χ0n) is 9.01. The van der Waals surface area contributed by atoms with Gasteiger partial charge in [-0.2, -0.15) is 0 Å². The van der Waals surface area contributed by atoms with Crippen molar-refractivity contribution >= 4 is 5.97 Å². The van der Waals surface area contributed by atoms with Crippen LogP contribution in [0.1, 0.15) is 27.7 Å². The molecule has 0 aliphatic heterocycles. The Morgan fingerprint density at radius 2 is 2.00 bits per heavy atom. The molecule has 0 aliphatic carbocycles. The summed E-state index contributed by atoms with van der Waals surface area (Å²) in [7, 11) is 1.38. The van der Waals surface area contributed by atoms with E-state index >= 15 is 0 Å². The maximum Gasteiger partial charge on any atom is 0.309 e. The Morgan fingerprint density at radius 3 is 2.38 bits per heavy atom. The molecule has 0 amide bonds. The molecule has 0 rings (SSSR count). The highest BCUT2D eigenvalue weighted by Gasteiger charge is 2.15. The molecule has 0 aromatic heterocycles. The smallest absolute Gasteiger partial charge is 0.309 e. The van der Waals surface area contributed by atoms with Crippen molar-refractivity contribution < 1.29 is 14.4 Å². The first-order valence-corrected chi connectivity index (χ1v) is 4.35. The lowest BCUT2D eigenvalue weighted by atomic mass is 10.2. The van der Waals surface area contributed by atoms with Gasteiger partial charge in [0.15, 0.2) is 0 Å². The molecule has 0 aliphatic rings. The summed E-state index contributed by atoms with van der Waals surface area (Å²) in [5.74, 6) is -0.419. The van der Waals surface area contributed by atoms with Crippen LogP contribution in [0.25, 0.3) is 0 Å². The molecule has 1 unspecified atom stereocenters. The van der Waals surface area contributed by atoms with Crippen molar-refractivity contribution in [3.63, 3.8) is 0 Å². The number of carbonyl (C=O) groups is 1. The number of methoxy groups -OCH3 is 1. The van der Waals surface area contributed by atoms with Gasteiger partial charge in [-0.25, -0.2) is 5.48 Å². The van der Waals surface area contributed by atoms with Gasteiger partial charge in [0.2, 0.25) is 0 Å². The van der Waals surface area contributed by atoms with E-state index in [-0.39, 0.29) is 17.5 Å². The van der Waals surface area contributed by atoms with E-state index in [2.05, 4.69) is 10.2 Å². The van der Waals surface area contributed by atoms with E-state index < -0.39 is 0 Å². The number of rotatable bonds is 4. The summed E-state index contributed by atoms with van der Waals surface area (Å²) in [6.07, 6.45) is 0. The molecule has 0 fully saturated rings. The van der Waals surface area contributed by atoms with E-state index in [4.69, 9.17) is 4.84 Å². The summed E-state index contributed by atoms with van der Waals surface area (Å²) in [4.78, 5) is 16.2. The van der Waals surface area contributed by atoms with Crippen LogP contribution in [0.5, 0.6) is 0 Å².